The zero-order valence-corrected chi connectivity index (χ0v) is 8.95. The Labute approximate surface area is 89.9 Å². The van der Waals surface area contributed by atoms with Gasteiger partial charge in [0.1, 0.15) is 0 Å². The molecule has 1 aliphatic carbocycles. The quantitative estimate of drug-likeness (QED) is 0.694. The van der Waals surface area contributed by atoms with Gasteiger partial charge in [-0.15, -0.1) is 11.6 Å². The highest BCUT2D eigenvalue weighted by Gasteiger charge is 2.28. The lowest BCUT2D eigenvalue weighted by Gasteiger charge is -2.19. The fraction of sp³-hybridized carbons (Fsp3) is 0.545. The first kappa shape index (κ1) is 9.94. The molecule has 0 amide bonds. The molecule has 0 bridgehead atoms. The van der Waals surface area contributed by atoms with Crippen LogP contribution >= 0.6 is 11.6 Å². The van der Waals surface area contributed by atoms with Crippen LogP contribution in [0.5, 0.6) is 0 Å². The lowest BCUT2D eigenvalue weighted by Crippen LogP contribution is -2.27. The number of hydrogen-bond donors (Lipinski definition) is 0. The van der Waals surface area contributed by atoms with E-state index in [1.807, 2.05) is 18.3 Å². The lowest BCUT2D eigenvalue weighted by atomic mass is 10.3. The lowest BCUT2D eigenvalue weighted by molar-refractivity contribution is 0.268. The predicted octanol–water partition coefficient (Wildman–Crippen LogP) is 2.28. The van der Waals surface area contributed by atoms with Crippen molar-refractivity contribution >= 4 is 11.6 Å². The summed E-state index contributed by atoms with van der Waals surface area (Å²) in [5.74, 6) is 0.712. The molecule has 0 atom stereocenters. The molecule has 1 heterocycles. The maximum Gasteiger partial charge on any atom is 0.0544 e. The minimum absolute atomic E-state index is 0.712. The molecule has 1 fully saturated rings. The summed E-state index contributed by atoms with van der Waals surface area (Å²) in [5, 5.41) is 0. The van der Waals surface area contributed by atoms with Crippen LogP contribution in [0.25, 0.3) is 0 Å². The first-order valence-corrected chi connectivity index (χ1v) is 5.63. The molecular formula is C11H15ClN2. The van der Waals surface area contributed by atoms with Crippen LogP contribution in [0.15, 0.2) is 24.4 Å². The van der Waals surface area contributed by atoms with Gasteiger partial charge in [-0.3, -0.25) is 9.88 Å². The second-order valence-corrected chi connectivity index (χ2v) is 4.09. The van der Waals surface area contributed by atoms with Crippen molar-refractivity contribution in [3.8, 4) is 0 Å². The number of nitrogens with zero attached hydrogens (tertiary/aromatic N) is 2. The molecule has 0 aliphatic heterocycles. The average Bonchev–Trinajstić information content (AvgIpc) is 3.02. The number of pyridine rings is 1. The molecule has 1 aromatic rings. The maximum atomic E-state index is 5.77. The number of rotatable bonds is 5. The van der Waals surface area contributed by atoms with Gasteiger partial charge in [-0.1, -0.05) is 6.07 Å². The van der Waals surface area contributed by atoms with E-state index in [2.05, 4.69) is 16.0 Å². The summed E-state index contributed by atoms with van der Waals surface area (Å²) in [7, 11) is 0. The first-order chi connectivity index (χ1) is 6.90. The van der Waals surface area contributed by atoms with Crippen molar-refractivity contribution in [2.45, 2.75) is 25.4 Å². The van der Waals surface area contributed by atoms with Crippen molar-refractivity contribution in [3.05, 3.63) is 30.1 Å². The Bertz CT molecular complexity index is 272. The van der Waals surface area contributed by atoms with Gasteiger partial charge >= 0.3 is 0 Å². The van der Waals surface area contributed by atoms with E-state index in [1.165, 1.54) is 12.8 Å². The summed E-state index contributed by atoms with van der Waals surface area (Å²) < 4.78 is 0. The molecule has 0 radical (unpaired) electrons. The molecule has 1 saturated carbocycles. The Balaban J connectivity index is 1.93. The molecule has 0 saturated heterocycles. The molecule has 0 aromatic carbocycles. The SMILES string of the molecule is ClCCN(Cc1ccccn1)C1CC1. The van der Waals surface area contributed by atoms with Crippen LogP contribution in [-0.4, -0.2) is 28.4 Å². The van der Waals surface area contributed by atoms with Gasteiger partial charge in [0.2, 0.25) is 0 Å². The van der Waals surface area contributed by atoms with Crippen LogP contribution in [0.3, 0.4) is 0 Å². The van der Waals surface area contributed by atoms with Crippen molar-refractivity contribution in [1.82, 2.24) is 9.88 Å². The highest BCUT2D eigenvalue weighted by atomic mass is 35.5. The number of halogens is 1. The molecule has 3 heteroatoms. The molecule has 0 spiro atoms. The van der Waals surface area contributed by atoms with E-state index in [9.17, 15) is 0 Å². The van der Waals surface area contributed by atoms with Crippen molar-refractivity contribution in [1.29, 1.82) is 0 Å². The van der Waals surface area contributed by atoms with E-state index >= 15 is 0 Å². The van der Waals surface area contributed by atoms with E-state index in [0.29, 0.717) is 5.88 Å². The van der Waals surface area contributed by atoms with Gasteiger partial charge in [0.15, 0.2) is 0 Å². The van der Waals surface area contributed by atoms with Crippen LogP contribution in [0.1, 0.15) is 18.5 Å². The summed E-state index contributed by atoms with van der Waals surface area (Å²) >= 11 is 5.77. The van der Waals surface area contributed by atoms with Crippen LogP contribution in [0.4, 0.5) is 0 Å². The van der Waals surface area contributed by atoms with Gasteiger partial charge < -0.3 is 0 Å². The minimum atomic E-state index is 0.712. The standard InChI is InChI=1S/C11H15ClN2/c12-6-8-14(11-4-5-11)9-10-3-1-2-7-13-10/h1-3,7,11H,4-6,8-9H2. The van der Waals surface area contributed by atoms with Crippen LogP contribution in [-0.2, 0) is 6.54 Å². The number of aromatic nitrogens is 1. The Hall–Kier alpha value is -0.600. The van der Waals surface area contributed by atoms with Crippen molar-refractivity contribution < 1.29 is 0 Å². The molecule has 1 aromatic heterocycles. The van der Waals surface area contributed by atoms with Gasteiger partial charge in [0.05, 0.1) is 5.69 Å². The van der Waals surface area contributed by atoms with E-state index in [0.717, 1.165) is 24.8 Å². The van der Waals surface area contributed by atoms with E-state index < -0.39 is 0 Å². The van der Waals surface area contributed by atoms with E-state index in [1.54, 1.807) is 0 Å². The third-order valence-electron chi connectivity index (χ3n) is 2.53. The second-order valence-electron chi connectivity index (χ2n) is 3.71. The van der Waals surface area contributed by atoms with Crippen LogP contribution in [0, 0.1) is 0 Å². The van der Waals surface area contributed by atoms with Gasteiger partial charge in [0.25, 0.3) is 0 Å². The fourth-order valence-electron chi connectivity index (χ4n) is 1.64. The van der Waals surface area contributed by atoms with Crippen molar-refractivity contribution in [3.63, 3.8) is 0 Å². The monoisotopic (exact) mass is 210 g/mol. The second kappa shape index (κ2) is 4.76. The molecule has 14 heavy (non-hydrogen) atoms. The highest BCUT2D eigenvalue weighted by Crippen LogP contribution is 2.27. The normalized spacial score (nSPS) is 16.1. The molecule has 0 N–H and O–H groups in total. The van der Waals surface area contributed by atoms with Crippen molar-refractivity contribution in [2.24, 2.45) is 0 Å². The maximum absolute atomic E-state index is 5.77. The zero-order chi connectivity index (χ0) is 9.80. The van der Waals surface area contributed by atoms with E-state index in [-0.39, 0.29) is 0 Å². The fourth-order valence-corrected chi connectivity index (χ4v) is 1.86. The average molecular weight is 211 g/mol. The van der Waals surface area contributed by atoms with Crippen LogP contribution < -0.4 is 0 Å². The molecular weight excluding hydrogens is 196 g/mol. The summed E-state index contributed by atoms with van der Waals surface area (Å²) in [4.78, 5) is 6.75. The smallest absolute Gasteiger partial charge is 0.0544 e. The van der Waals surface area contributed by atoms with Gasteiger partial charge in [-0.2, -0.15) is 0 Å². The predicted molar refractivity (Wildman–Crippen MR) is 58.4 cm³/mol. The zero-order valence-electron chi connectivity index (χ0n) is 8.19. The Kier molecular flexibility index (Phi) is 3.38. The summed E-state index contributed by atoms with van der Waals surface area (Å²) in [6.07, 6.45) is 4.49. The summed E-state index contributed by atoms with van der Waals surface area (Å²) in [6, 6.07) is 6.82. The summed E-state index contributed by atoms with van der Waals surface area (Å²) in [5.41, 5.74) is 1.14. The topological polar surface area (TPSA) is 16.1 Å². The molecule has 2 rings (SSSR count). The van der Waals surface area contributed by atoms with Crippen LogP contribution in [0.2, 0.25) is 0 Å². The van der Waals surface area contributed by atoms with Gasteiger partial charge in [-0.25, -0.2) is 0 Å². The first-order valence-electron chi connectivity index (χ1n) is 5.10. The van der Waals surface area contributed by atoms with E-state index in [4.69, 9.17) is 11.6 Å². The third-order valence-corrected chi connectivity index (χ3v) is 2.70. The molecule has 76 valence electrons. The summed E-state index contributed by atoms with van der Waals surface area (Å²) in [6.45, 7) is 1.92. The molecule has 0 unspecified atom stereocenters. The third kappa shape index (κ3) is 2.69. The van der Waals surface area contributed by atoms with Gasteiger partial charge in [0, 0.05) is 31.2 Å². The molecule has 2 nitrogen and oxygen atoms in total. The highest BCUT2D eigenvalue weighted by molar-refractivity contribution is 6.18. The molecule has 1 aliphatic rings. The largest absolute Gasteiger partial charge is 0.293 e. The Morgan fingerprint density at radius 1 is 1.43 bits per heavy atom. The number of hydrogen-bond acceptors (Lipinski definition) is 2. The number of alkyl halides is 1. The van der Waals surface area contributed by atoms with Gasteiger partial charge in [-0.05, 0) is 25.0 Å². The Morgan fingerprint density at radius 3 is 2.86 bits per heavy atom. The van der Waals surface area contributed by atoms with Crippen molar-refractivity contribution in [2.75, 3.05) is 12.4 Å². The minimum Gasteiger partial charge on any atom is -0.293 e. The Morgan fingerprint density at radius 2 is 2.29 bits per heavy atom.